The zero-order chi connectivity index (χ0) is 20.7. The molecule has 0 saturated carbocycles. The second kappa shape index (κ2) is 9.37. The monoisotopic (exact) mass is 399 g/mol. The number of ketones is 1. The molecule has 0 aliphatic carbocycles. The van der Waals surface area contributed by atoms with Gasteiger partial charge in [-0.3, -0.25) is 9.78 Å². The van der Waals surface area contributed by atoms with Crippen LogP contribution in [0.1, 0.15) is 24.0 Å². The number of aromatic nitrogens is 1. The molecule has 0 radical (unpaired) electrons. The van der Waals surface area contributed by atoms with Gasteiger partial charge in [0, 0.05) is 30.8 Å². The number of Topliss-reactive ketones (excluding diaryl/α,β-unsaturated/α-hetero) is 1. The second-order valence-corrected chi connectivity index (χ2v) is 6.67. The molecule has 0 aliphatic heterocycles. The van der Waals surface area contributed by atoms with E-state index in [-0.39, 0.29) is 11.5 Å². The van der Waals surface area contributed by atoms with Gasteiger partial charge < -0.3 is 4.74 Å². The number of hydrogen-bond donors (Lipinski definition) is 0. The number of ether oxygens (including phenoxy) is 1. The van der Waals surface area contributed by atoms with Crippen LogP contribution in [-0.2, 0) is 17.6 Å². The van der Waals surface area contributed by atoms with Gasteiger partial charge in [-0.2, -0.15) is 0 Å². The lowest BCUT2D eigenvalue weighted by atomic mass is 9.99. The molecule has 0 N–H and O–H groups in total. The Balaban J connectivity index is 1.56. The molecular weight excluding hydrogens is 379 g/mol. The molecule has 3 aromatic rings. The highest BCUT2D eigenvalue weighted by Gasteiger charge is 2.32. The van der Waals surface area contributed by atoms with Crippen LogP contribution in [-0.4, -0.2) is 17.1 Å². The zero-order valence-electron chi connectivity index (χ0n) is 15.7. The van der Waals surface area contributed by atoms with Gasteiger partial charge in [0.1, 0.15) is 11.5 Å². The van der Waals surface area contributed by atoms with Crippen molar-refractivity contribution < 1.29 is 22.7 Å². The molecule has 150 valence electrons. The van der Waals surface area contributed by atoms with E-state index in [1.807, 2.05) is 24.3 Å². The summed E-state index contributed by atoms with van der Waals surface area (Å²) in [6.45, 7) is 0. The summed E-state index contributed by atoms with van der Waals surface area (Å²) < 4.78 is 41.9. The maximum atomic E-state index is 12.6. The Hall–Kier alpha value is -3.15. The maximum Gasteiger partial charge on any atom is 0.573 e. The first-order chi connectivity index (χ1) is 13.9. The molecule has 0 fully saturated rings. The van der Waals surface area contributed by atoms with Gasteiger partial charge in [-0.05, 0) is 41.7 Å². The quantitative estimate of drug-likeness (QED) is 0.482. The highest BCUT2D eigenvalue weighted by atomic mass is 19.4. The van der Waals surface area contributed by atoms with Crippen LogP contribution >= 0.6 is 0 Å². The molecule has 0 saturated heterocycles. The third-order valence-electron chi connectivity index (χ3n) is 4.42. The van der Waals surface area contributed by atoms with Gasteiger partial charge in [0.2, 0.25) is 0 Å². The maximum absolute atomic E-state index is 12.6. The van der Waals surface area contributed by atoms with Crippen LogP contribution < -0.4 is 4.74 Å². The van der Waals surface area contributed by atoms with Gasteiger partial charge in [0.25, 0.3) is 0 Å². The molecule has 0 spiro atoms. The van der Waals surface area contributed by atoms with Crippen LogP contribution in [0.4, 0.5) is 13.2 Å². The van der Waals surface area contributed by atoms with Crippen molar-refractivity contribution in [2.45, 2.75) is 32.0 Å². The number of alkyl halides is 3. The van der Waals surface area contributed by atoms with E-state index < -0.39 is 6.36 Å². The lowest BCUT2D eigenvalue weighted by Gasteiger charge is -2.13. The molecule has 6 heteroatoms. The summed E-state index contributed by atoms with van der Waals surface area (Å²) in [4.78, 5) is 16.1. The fourth-order valence-electron chi connectivity index (χ4n) is 3.08. The largest absolute Gasteiger partial charge is 0.573 e. The minimum Gasteiger partial charge on any atom is -0.405 e. The molecular formula is C23H20F3NO2. The van der Waals surface area contributed by atoms with Crippen LogP contribution in [0.5, 0.6) is 5.75 Å². The first kappa shape index (κ1) is 20.6. The second-order valence-electron chi connectivity index (χ2n) is 6.67. The highest BCUT2D eigenvalue weighted by Crippen LogP contribution is 2.33. The topological polar surface area (TPSA) is 39.2 Å². The number of benzene rings is 2. The minimum atomic E-state index is -4.74. The number of pyridine rings is 1. The summed E-state index contributed by atoms with van der Waals surface area (Å²) in [5.41, 5.74) is 2.95. The van der Waals surface area contributed by atoms with Gasteiger partial charge in [-0.25, -0.2) is 0 Å². The minimum absolute atomic E-state index is 0.160. The van der Waals surface area contributed by atoms with Gasteiger partial charge in [0.15, 0.2) is 0 Å². The van der Waals surface area contributed by atoms with Gasteiger partial charge in [-0.1, -0.05) is 48.5 Å². The van der Waals surface area contributed by atoms with Crippen molar-refractivity contribution in [3.05, 3.63) is 84.2 Å². The molecule has 0 bridgehead atoms. The summed E-state index contributed by atoms with van der Waals surface area (Å²) in [5, 5.41) is 0. The van der Waals surface area contributed by atoms with Gasteiger partial charge in [0.05, 0.1) is 0 Å². The van der Waals surface area contributed by atoms with E-state index in [4.69, 9.17) is 0 Å². The van der Waals surface area contributed by atoms with Crippen LogP contribution in [0.25, 0.3) is 11.1 Å². The first-order valence-electron chi connectivity index (χ1n) is 9.25. The summed E-state index contributed by atoms with van der Waals surface area (Å²) in [5.74, 6) is -0.0680. The number of carbonyl (C=O) groups excluding carboxylic acids is 1. The lowest BCUT2D eigenvalue weighted by Crippen LogP contribution is -2.17. The van der Waals surface area contributed by atoms with Crippen LogP contribution in [0.15, 0.2) is 73.1 Å². The van der Waals surface area contributed by atoms with Crippen LogP contribution in [0.2, 0.25) is 0 Å². The van der Waals surface area contributed by atoms with Crippen molar-refractivity contribution in [3.63, 3.8) is 0 Å². The van der Waals surface area contributed by atoms with E-state index in [1.165, 1.54) is 12.1 Å². The molecule has 2 aromatic carbocycles. The van der Waals surface area contributed by atoms with Crippen molar-refractivity contribution in [2.24, 2.45) is 0 Å². The fraction of sp³-hybridized carbons (Fsp3) is 0.217. The third kappa shape index (κ3) is 6.45. The lowest BCUT2D eigenvalue weighted by molar-refractivity contribution is -0.274. The first-order valence-corrected chi connectivity index (χ1v) is 9.25. The fourth-order valence-corrected chi connectivity index (χ4v) is 3.08. The molecule has 0 amide bonds. The normalized spacial score (nSPS) is 11.3. The Morgan fingerprint density at radius 1 is 0.931 bits per heavy atom. The van der Waals surface area contributed by atoms with Crippen LogP contribution in [0.3, 0.4) is 0 Å². The smallest absolute Gasteiger partial charge is 0.405 e. The number of halogens is 3. The molecule has 0 atom stereocenters. The molecule has 3 rings (SSSR count). The number of carbonyl (C=O) groups is 1. The van der Waals surface area contributed by atoms with E-state index in [2.05, 4.69) is 9.72 Å². The number of nitrogens with zero attached hydrogens (tertiary/aromatic N) is 1. The summed E-state index contributed by atoms with van der Waals surface area (Å²) in [6, 6.07) is 17.0. The molecule has 3 nitrogen and oxygen atoms in total. The number of aryl methyl sites for hydroxylation is 1. The zero-order valence-corrected chi connectivity index (χ0v) is 15.7. The third-order valence-corrected chi connectivity index (χ3v) is 4.42. The predicted octanol–water partition coefficient (Wildman–Crippen LogP) is 5.78. The highest BCUT2D eigenvalue weighted by molar-refractivity contribution is 5.80. The summed E-state index contributed by atoms with van der Waals surface area (Å²) >= 11 is 0. The Morgan fingerprint density at radius 3 is 2.38 bits per heavy atom. The van der Waals surface area contributed by atoms with Gasteiger partial charge >= 0.3 is 6.36 Å². The van der Waals surface area contributed by atoms with Crippen LogP contribution in [0, 0.1) is 0 Å². The Labute approximate surface area is 167 Å². The molecule has 0 aliphatic rings. The number of rotatable bonds is 8. The average molecular weight is 399 g/mol. The Morgan fingerprint density at radius 2 is 1.69 bits per heavy atom. The van der Waals surface area contributed by atoms with Crippen molar-refractivity contribution >= 4 is 5.78 Å². The Kier molecular flexibility index (Phi) is 6.65. The van der Waals surface area contributed by atoms with Crippen molar-refractivity contribution in [2.75, 3.05) is 0 Å². The summed E-state index contributed by atoms with van der Waals surface area (Å²) in [6.07, 6.45) is 0.911. The van der Waals surface area contributed by atoms with Crippen molar-refractivity contribution in [1.29, 1.82) is 0 Å². The molecule has 1 heterocycles. The Bertz CT molecular complexity index is 938. The SMILES string of the molecule is O=C(CCCc1ccc(-c2ccccc2OC(F)(F)F)cc1)Cc1cccnc1. The number of hydrogen-bond acceptors (Lipinski definition) is 3. The number of para-hydroxylation sites is 1. The van der Waals surface area contributed by atoms with Crippen molar-refractivity contribution in [1.82, 2.24) is 4.98 Å². The van der Waals surface area contributed by atoms with E-state index in [9.17, 15) is 18.0 Å². The molecule has 29 heavy (non-hydrogen) atoms. The molecule has 0 unspecified atom stereocenters. The van der Waals surface area contributed by atoms with E-state index in [0.717, 1.165) is 17.5 Å². The average Bonchev–Trinajstić information content (AvgIpc) is 2.69. The van der Waals surface area contributed by atoms with E-state index in [0.29, 0.717) is 30.4 Å². The van der Waals surface area contributed by atoms with Crippen molar-refractivity contribution in [3.8, 4) is 16.9 Å². The molecule has 1 aromatic heterocycles. The van der Waals surface area contributed by atoms with E-state index in [1.54, 1.807) is 36.7 Å². The standard InChI is InChI=1S/C23H20F3NO2/c24-23(25,26)29-22-9-2-1-8-21(22)19-12-10-17(11-13-19)5-3-7-20(28)15-18-6-4-14-27-16-18/h1-2,4,6,8-14,16H,3,5,7,15H2. The summed E-state index contributed by atoms with van der Waals surface area (Å²) in [7, 11) is 0. The van der Waals surface area contributed by atoms with E-state index >= 15 is 0 Å². The van der Waals surface area contributed by atoms with Gasteiger partial charge in [-0.15, -0.1) is 13.2 Å². The predicted molar refractivity (Wildman–Crippen MR) is 104 cm³/mol.